The van der Waals surface area contributed by atoms with Crippen LogP contribution in [-0.2, 0) is 0 Å². The van der Waals surface area contributed by atoms with Crippen LogP contribution in [0.25, 0.3) is 10.2 Å². The second-order valence-electron chi connectivity index (χ2n) is 2.19. The Morgan fingerprint density at radius 3 is 3.08 bits per heavy atom. The van der Waals surface area contributed by atoms with Crippen LogP contribution in [0.1, 0.15) is 10.5 Å². The summed E-state index contributed by atoms with van der Waals surface area (Å²) in [4.78, 5) is 25.3. The van der Waals surface area contributed by atoms with Crippen molar-refractivity contribution in [2.75, 3.05) is 0 Å². The van der Waals surface area contributed by atoms with Crippen LogP contribution in [0.2, 0.25) is 0 Å². The molecular weight excluding hydrogens is 194 g/mol. The fourth-order valence-electron chi connectivity index (χ4n) is 0.887. The molecule has 2 aromatic rings. The Kier molecular flexibility index (Phi) is 1.59. The van der Waals surface area contributed by atoms with Gasteiger partial charge in [-0.2, -0.15) is 5.10 Å². The molecule has 0 spiro atoms. The van der Waals surface area contributed by atoms with E-state index in [2.05, 4.69) is 20.7 Å². The molecule has 0 fully saturated rings. The summed E-state index contributed by atoms with van der Waals surface area (Å²) >= 11 is 0.962. The molecular formula is C6H2N3O3S. The van der Waals surface area contributed by atoms with E-state index < -0.39 is 11.5 Å². The van der Waals surface area contributed by atoms with Gasteiger partial charge in [0, 0.05) is 0 Å². The zero-order valence-electron chi connectivity index (χ0n) is 6.07. The van der Waals surface area contributed by atoms with E-state index >= 15 is 0 Å². The summed E-state index contributed by atoms with van der Waals surface area (Å²) < 4.78 is 0.229. The Morgan fingerprint density at radius 2 is 2.38 bits per heavy atom. The van der Waals surface area contributed by atoms with E-state index in [1.165, 1.54) is 0 Å². The van der Waals surface area contributed by atoms with Crippen molar-refractivity contribution in [2.24, 2.45) is 0 Å². The predicted molar refractivity (Wildman–Crippen MR) is 43.8 cm³/mol. The highest BCUT2D eigenvalue weighted by Crippen LogP contribution is 2.13. The highest BCUT2D eigenvalue weighted by molar-refractivity contribution is 7.16. The molecule has 0 bridgehead atoms. The lowest BCUT2D eigenvalue weighted by molar-refractivity contribution is 0.0691. The SMILES string of the molecule is O=C(O)c1n[nH]c(=O)c2s[c]nc12. The zero-order valence-corrected chi connectivity index (χ0v) is 6.88. The lowest BCUT2D eigenvalue weighted by Gasteiger charge is -1.91. The van der Waals surface area contributed by atoms with Crippen LogP contribution in [0, 0.1) is 5.51 Å². The maximum Gasteiger partial charge on any atom is 0.358 e. The lowest BCUT2D eigenvalue weighted by Crippen LogP contribution is -2.12. The topological polar surface area (TPSA) is 95.9 Å². The van der Waals surface area contributed by atoms with Gasteiger partial charge in [-0.15, -0.1) is 11.3 Å². The molecule has 0 saturated carbocycles. The van der Waals surface area contributed by atoms with Crippen molar-refractivity contribution in [3.8, 4) is 0 Å². The van der Waals surface area contributed by atoms with Crippen molar-refractivity contribution in [3.05, 3.63) is 21.6 Å². The van der Waals surface area contributed by atoms with Crippen LogP contribution in [0.3, 0.4) is 0 Å². The summed E-state index contributed by atoms with van der Waals surface area (Å²) in [5.41, 5.74) is 1.82. The number of carboxylic acids is 1. The molecule has 1 radical (unpaired) electrons. The number of fused-ring (bicyclic) bond motifs is 1. The van der Waals surface area contributed by atoms with E-state index in [9.17, 15) is 9.59 Å². The van der Waals surface area contributed by atoms with E-state index in [1.807, 2.05) is 0 Å². The minimum atomic E-state index is -1.22. The first-order valence-electron chi connectivity index (χ1n) is 3.18. The van der Waals surface area contributed by atoms with Crippen molar-refractivity contribution in [1.29, 1.82) is 0 Å². The number of H-pyrrole nitrogens is 1. The first-order valence-corrected chi connectivity index (χ1v) is 4.00. The number of carboxylic acid groups (broad SMARTS) is 1. The highest BCUT2D eigenvalue weighted by atomic mass is 32.1. The number of carbonyl (C=O) groups is 1. The summed E-state index contributed by atoms with van der Waals surface area (Å²) in [7, 11) is 0. The number of aromatic amines is 1. The monoisotopic (exact) mass is 196 g/mol. The second kappa shape index (κ2) is 2.63. The molecule has 65 valence electrons. The fraction of sp³-hybridized carbons (Fsp3) is 0. The second-order valence-corrected chi connectivity index (χ2v) is 2.98. The number of hydrogen-bond donors (Lipinski definition) is 2. The van der Waals surface area contributed by atoms with Gasteiger partial charge in [-0.25, -0.2) is 14.9 Å². The van der Waals surface area contributed by atoms with Crippen LogP contribution in [0.5, 0.6) is 0 Å². The third-order valence-corrected chi connectivity index (χ3v) is 2.19. The summed E-state index contributed by atoms with van der Waals surface area (Å²) in [6.45, 7) is 0. The third-order valence-electron chi connectivity index (χ3n) is 1.42. The summed E-state index contributed by atoms with van der Waals surface area (Å²) in [5.74, 6) is -1.22. The number of thiazole rings is 1. The maximum absolute atomic E-state index is 11.1. The number of hydrogen-bond acceptors (Lipinski definition) is 5. The average molecular weight is 196 g/mol. The Labute approximate surface area is 74.9 Å². The van der Waals surface area contributed by atoms with Gasteiger partial charge in [-0.05, 0) is 0 Å². The molecule has 13 heavy (non-hydrogen) atoms. The maximum atomic E-state index is 11.1. The van der Waals surface area contributed by atoms with Crippen molar-refractivity contribution >= 4 is 27.5 Å². The molecule has 2 aromatic heterocycles. The smallest absolute Gasteiger partial charge is 0.358 e. The van der Waals surface area contributed by atoms with E-state index in [4.69, 9.17) is 5.11 Å². The largest absolute Gasteiger partial charge is 0.476 e. The standard InChI is InChI=1S/C6H2N3O3S/c10-5-4-2(7-1-13-4)3(6(11)12)8-9-5/h(H,9,10)(H,11,12). The third kappa shape index (κ3) is 1.09. The van der Waals surface area contributed by atoms with Gasteiger partial charge < -0.3 is 5.11 Å². The van der Waals surface area contributed by atoms with E-state index in [0.717, 1.165) is 11.3 Å². The van der Waals surface area contributed by atoms with Crippen LogP contribution in [0.15, 0.2) is 4.79 Å². The number of aromatic nitrogens is 3. The quantitative estimate of drug-likeness (QED) is 0.662. The van der Waals surface area contributed by atoms with E-state index in [0.29, 0.717) is 0 Å². The molecule has 2 rings (SSSR count). The van der Waals surface area contributed by atoms with Crippen LogP contribution >= 0.6 is 11.3 Å². The normalized spacial score (nSPS) is 10.5. The first kappa shape index (κ1) is 7.87. The van der Waals surface area contributed by atoms with Crippen LogP contribution < -0.4 is 5.56 Å². The minimum Gasteiger partial charge on any atom is -0.476 e. The van der Waals surface area contributed by atoms with Crippen molar-refractivity contribution in [2.45, 2.75) is 0 Å². The van der Waals surface area contributed by atoms with Gasteiger partial charge in [-0.1, -0.05) is 0 Å². The molecule has 0 aliphatic heterocycles. The zero-order chi connectivity index (χ0) is 9.42. The summed E-state index contributed by atoms with van der Waals surface area (Å²) in [6, 6.07) is 0. The number of aromatic carboxylic acids is 1. The van der Waals surface area contributed by atoms with Gasteiger partial charge in [0.15, 0.2) is 11.2 Å². The van der Waals surface area contributed by atoms with Gasteiger partial charge in [0.25, 0.3) is 5.56 Å². The Balaban J connectivity index is 2.94. The molecule has 0 amide bonds. The average Bonchev–Trinajstić information content (AvgIpc) is 2.53. The van der Waals surface area contributed by atoms with Crippen molar-refractivity contribution in [1.82, 2.24) is 15.2 Å². The molecule has 2 heterocycles. The van der Waals surface area contributed by atoms with Gasteiger partial charge >= 0.3 is 5.97 Å². The molecule has 0 atom stereocenters. The van der Waals surface area contributed by atoms with Crippen molar-refractivity contribution < 1.29 is 9.90 Å². The lowest BCUT2D eigenvalue weighted by atomic mass is 10.3. The molecule has 0 aromatic carbocycles. The number of nitrogens with zero attached hydrogens (tertiary/aromatic N) is 2. The van der Waals surface area contributed by atoms with Crippen LogP contribution in [-0.4, -0.2) is 26.3 Å². The number of rotatable bonds is 1. The molecule has 7 heteroatoms. The summed E-state index contributed by atoms with van der Waals surface area (Å²) in [6.07, 6.45) is 0. The van der Waals surface area contributed by atoms with E-state index in [1.54, 1.807) is 0 Å². The first-order chi connectivity index (χ1) is 6.20. The molecule has 6 nitrogen and oxygen atoms in total. The van der Waals surface area contributed by atoms with Gasteiger partial charge in [0.05, 0.1) is 0 Å². The molecule has 0 unspecified atom stereocenters. The molecule has 2 N–H and O–H groups in total. The van der Waals surface area contributed by atoms with Gasteiger partial charge in [-0.3, -0.25) is 4.79 Å². The van der Waals surface area contributed by atoms with Crippen LogP contribution in [0.4, 0.5) is 0 Å². The molecule has 0 saturated heterocycles. The predicted octanol–water partition coefficient (Wildman–Crippen LogP) is -0.122. The summed E-state index contributed by atoms with van der Waals surface area (Å²) in [5, 5.41) is 14.1. The fourth-order valence-corrected chi connectivity index (χ4v) is 1.49. The highest BCUT2D eigenvalue weighted by Gasteiger charge is 2.14. The Morgan fingerprint density at radius 1 is 1.62 bits per heavy atom. The van der Waals surface area contributed by atoms with Gasteiger partial charge in [0.1, 0.15) is 10.2 Å². The Bertz CT molecular complexity index is 529. The number of nitrogens with one attached hydrogen (secondary N) is 1. The molecule has 0 aliphatic carbocycles. The van der Waals surface area contributed by atoms with E-state index in [-0.39, 0.29) is 15.9 Å². The van der Waals surface area contributed by atoms with Gasteiger partial charge in [0.2, 0.25) is 0 Å². The molecule has 0 aliphatic rings. The Hall–Kier alpha value is -1.76. The minimum absolute atomic E-state index is 0.0845. The van der Waals surface area contributed by atoms with Crippen molar-refractivity contribution in [3.63, 3.8) is 0 Å².